The Morgan fingerprint density at radius 1 is 1.46 bits per heavy atom. The standard InChI is InChI=1S/C9H7ClF2O/c1-2-7(13)5-3-4-6(11)8(10)9(5)12/h2-4,7,13H,1H2. The summed E-state index contributed by atoms with van der Waals surface area (Å²) in [5, 5.41) is 8.57. The first-order valence-corrected chi connectivity index (χ1v) is 3.89. The largest absolute Gasteiger partial charge is 0.384 e. The third-order valence-electron chi connectivity index (χ3n) is 1.61. The number of hydrogen-bond acceptors (Lipinski definition) is 1. The average Bonchev–Trinajstić information content (AvgIpc) is 2.13. The van der Waals surface area contributed by atoms with E-state index in [2.05, 4.69) is 6.58 Å². The highest BCUT2D eigenvalue weighted by molar-refractivity contribution is 6.30. The molecule has 0 aliphatic heterocycles. The third kappa shape index (κ3) is 1.87. The van der Waals surface area contributed by atoms with Gasteiger partial charge in [0.15, 0.2) is 5.82 Å². The molecule has 1 aromatic carbocycles. The fraction of sp³-hybridized carbons (Fsp3) is 0.111. The van der Waals surface area contributed by atoms with Crippen LogP contribution in [-0.4, -0.2) is 5.11 Å². The Bertz CT molecular complexity index is 339. The summed E-state index contributed by atoms with van der Waals surface area (Å²) in [6.45, 7) is 3.28. The molecule has 0 amide bonds. The molecule has 0 heterocycles. The van der Waals surface area contributed by atoms with Gasteiger partial charge in [-0.3, -0.25) is 0 Å². The summed E-state index contributed by atoms with van der Waals surface area (Å²) >= 11 is 5.29. The lowest BCUT2D eigenvalue weighted by molar-refractivity contribution is 0.223. The summed E-state index contributed by atoms with van der Waals surface area (Å²) in [5.74, 6) is -1.80. The Morgan fingerprint density at radius 2 is 2.08 bits per heavy atom. The smallest absolute Gasteiger partial charge is 0.150 e. The molecule has 1 rings (SSSR count). The van der Waals surface area contributed by atoms with Crippen LogP contribution in [0.25, 0.3) is 0 Å². The lowest BCUT2D eigenvalue weighted by Gasteiger charge is -2.07. The van der Waals surface area contributed by atoms with Gasteiger partial charge in [-0.05, 0) is 6.07 Å². The average molecular weight is 205 g/mol. The normalized spacial score (nSPS) is 12.6. The van der Waals surface area contributed by atoms with Crippen molar-refractivity contribution in [3.63, 3.8) is 0 Å². The van der Waals surface area contributed by atoms with E-state index in [0.29, 0.717) is 0 Å². The van der Waals surface area contributed by atoms with Crippen LogP contribution in [0.4, 0.5) is 8.78 Å². The summed E-state index contributed by atoms with van der Waals surface area (Å²) in [7, 11) is 0. The van der Waals surface area contributed by atoms with Crippen LogP contribution in [0.5, 0.6) is 0 Å². The summed E-state index contributed by atoms with van der Waals surface area (Å²) in [5.41, 5.74) is -0.0820. The molecule has 0 aliphatic rings. The molecule has 0 bridgehead atoms. The SMILES string of the molecule is C=CC(O)c1ccc(F)c(Cl)c1F. The molecule has 0 aliphatic carbocycles. The van der Waals surface area contributed by atoms with Crippen LogP contribution >= 0.6 is 11.6 Å². The number of benzene rings is 1. The zero-order valence-corrected chi connectivity index (χ0v) is 7.35. The van der Waals surface area contributed by atoms with Gasteiger partial charge in [0.25, 0.3) is 0 Å². The van der Waals surface area contributed by atoms with E-state index in [1.165, 1.54) is 0 Å². The van der Waals surface area contributed by atoms with E-state index in [0.717, 1.165) is 18.2 Å². The van der Waals surface area contributed by atoms with E-state index >= 15 is 0 Å². The summed E-state index contributed by atoms with van der Waals surface area (Å²) in [6, 6.07) is 2.12. The van der Waals surface area contributed by atoms with Gasteiger partial charge >= 0.3 is 0 Å². The van der Waals surface area contributed by atoms with Gasteiger partial charge < -0.3 is 5.11 Å². The van der Waals surface area contributed by atoms with Crippen LogP contribution in [0.15, 0.2) is 24.8 Å². The predicted octanol–water partition coefficient (Wildman–Crippen LogP) is 2.84. The minimum absolute atomic E-state index is 0.0820. The molecule has 1 unspecified atom stereocenters. The Labute approximate surface area is 79.3 Å². The molecule has 1 nitrogen and oxygen atoms in total. The lowest BCUT2D eigenvalue weighted by Crippen LogP contribution is -1.98. The Morgan fingerprint density at radius 3 is 2.62 bits per heavy atom. The molecule has 1 N–H and O–H groups in total. The van der Waals surface area contributed by atoms with Crippen molar-refractivity contribution >= 4 is 11.6 Å². The molecule has 0 fully saturated rings. The van der Waals surface area contributed by atoms with Crippen LogP contribution in [-0.2, 0) is 0 Å². The van der Waals surface area contributed by atoms with Crippen LogP contribution in [0.2, 0.25) is 5.02 Å². The minimum atomic E-state index is -1.17. The minimum Gasteiger partial charge on any atom is -0.384 e. The van der Waals surface area contributed by atoms with Crippen LogP contribution < -0.4 is 0 Å². The van der Waals surface area contributed by atoms with Crippen molar-refractivity contribution in [1.82, 2.24) is 0 Å². The maximum Gasteiger partial charge on any atom is 0.150 e. The Hall–Kier alpha value is -0.930. The van der Waals surface area contributed by atoms with Gasteiger partial charge in [-0.2, -0.15) is 0 Å². The number of halogens is 3. The summed E-state index contributed by atoms with van der Waals surface area (Å²) in [6.07, 6.45) is -0.0368. The van der Waals surface area contributed by atoms with E-state index in [-0.39, 0.29) is 5.56 Å². The lowest BCUT2D eigenvalue weighted by atomic mass is 10.1. The second-order valence-corrected chi connectivity index (χ2v) is 2.82. The number of aliphatic hydroxyl groups is 1. The second-order valence-electron chi connectivity index (χ2n) is 2.45. The highest BCUT2D eigenvalue weighted by Crippen LogP contribution is 2.26. The molecule has 0 radical (unpaired) electrons. The van der Waals surface area contributed by atoms with Crippen LogP contribution in [0.1, 0.15) is 11.7 Å². The van der Waals surface area contributed by atoms with E-state index in [1.807, 2.05) is 0 Å². The Balaban J connectivity index is 3.25. The van der Waals surface area contributed by atoms with E-state index < -0.39 is 22.8 Å². The molecule has 0 spiro atoms. The fourth-order valence-corrected chi connectivity index (χ4v) is 1.07. The monoisotopic (exact) mass is 204 g/mol. The Kier molecular flexibility index (Phi) is 3.01. The molecule has 4 heteroatoms. The molecular weight excluding hydrogens is 198 g/mol. The molecule has 1 aromatic rings. The molecule has 1 atom stereocenters. The topological polar surface area (TPSA) is 20.2 Å². The van der Waals surface area contributed by atoms with Gasteiger partial charge in [0.1, 0.15) is 10.8 Å². The van der Waals surface area contributed by atoms with Crippen LogP contribution in [0, 0.1) is 11.6 Å². The first-order chi connectivity index (χ1) is 6.07. The number of hydrogen-bond donors (Lipinski definition) is 1. The van der Waals surface area contributed by atoms with Crippen molar-refractivity contribution in [3.8, 4) is 0 Å². The zero-order chi connectivity index (χ0) is 10.0. The molecule has 0 aromatic heterocycles. The predicted molar refractivity (Wildman–Crippen MR) is 46.5 cm³/mol. The van der Waals surface area contributed by atoms with Gasteiger partial charge in [0, 0.05) is 5.56 Å². The molecule has 13 heavy (non-hydrogen) atoms. The second kappa shape index (κ2) is 3.85. The molecule has 0 saturated carbocycles. The third-order valence-corrected chi connectivity index (χ3v) is 1.95. The summed E-state index contributed by atoms with van der Waals surface area (Å²) < 4.78 is 25.8. The van der Waals surface area contributed by atoms with Crippen molar-refractivity contribution in [1.29, 1.82) is 0 Å². The van der Waals surface area contributed by atoms with Crippen molar-refractivity contribution in [3.05, 3.63) is 47.0 Å². The van der Waals surface area contributed by atoms with E-state index in [4.69, 9.17) is 11.6 Å². The maximum absolute atomic E-state index is 13.1. The molecular formula is C9H7ClF2O. The molecule has 70 valence electrons. The number of rotatable bonds is 2. The van der Waals surface area contributed by atoms with E-state index in [9.17, 15) is 13.9 Å². The van der Waals surface area contributed by atoms with E-state index in [1.54, 1.807) is 0 Å². The highest BCUT2D eigenvalue weighted by atomic mass is 35.5. The fourth-order valence-electron chi connectivity index (χ4n) is 0.896. The zero-order valence-electron chi connectivity index (χ0n) is 6.60. The van der Waals surface area contributed by atoms with Gasteiger partial charge in [-0.25, -0.2) is 8.78 Å². The first kappa shape index (κ1) is 10.2. The molecule has 0 saturated heterocycles. The van der Waals surface area contributed by atoms with Gasteiger partial charge in [-0.1, -0.05) is 23.7 Å². The maximum atomic E-state index is 13.1. The number of aliphatic hydroxyl groups excluding tert-OH is 1. The van der Waals surface area contributed by atoms with Crippen LogP contribution in [0.3, 0.4) is 0 Å². The van der Waals surface area contributed by atoms with Crippen molar-refractivity contribution in [2.75, 3.05) is 0 Å². The van der Waals surface area contributed by atoms with Crippen molar-refractivity contribution < 1.29 is 13.9 Å². The van der Waals surface area contributed by atoms with Gasteiger partial charge in [0.05, 0.1) is 6.10 Å². The van der Waals surface area contributed by atoms with Gasteiger partial charge in [0.2, 0.25) is 0 Å². The highest BCUT2D eigenvalue weighted by Gasteiger charge is 2.15. The quantitative estimate of drug-likeness (QED) is 0.580. The van der Waals surface area contributed by atoms with Gasteiger partial charge in [-0.15, -0.1) is 6.58 Å². The summed E-state index contributed by atoms with van der Waals surface area (Å²) in [4.78, 5) is 0. The van der Waals surface area contributed by atoms with Crippen molar-refractivity contribution in [2.24, 2.45) is 0 Å². The first-order valence-electron chi connectivity index (χ1n) is 3.52. The van der Waals surface area contributed by atoms with Crippen molar-refractivity contribution in [2.45, 2.75) is 6.10 Å².